The number of methoxy groups -OCH3 is 1. The molecule has 0 bridgehead atoms. The third kappa shape index (κ3) is 5.42. The van der Waals surface area contributed by atoms with Crippen LogP contribution in [0.3, 0.4) is 0 Å². The summed E-state index contributed by atoms with van der Waals surface area (Å²) in [6, 6.07) is 22.0. The predicted octanol–water partition coefficient (Wildman–Crippen LogP) is 4.33. The number of benzene rings is 3. The monoisotopic (exact) mass is 489 g/mol. The van der Waals surface area contributed by atoms with Crippen LogP contribution in [0.1, 0.15) is 21.5 Å². The van der Waals surface area contributed by atoms with Crippen molar-refractivity contribution in [3.63, 3.8) is 0 Å². The fourth-order valence-electron chi connectivity index (χ4n) is 3.35. The maximum atomic E-state index is 12.9. The highest BCUT2D eigenvalue weighted by molar-refractivity contribution is 7.87. The Hall–Kier alpha value is -4.37. The first-order valence-corrected chi connectivity index (χ1v) is 12.0. The molecule has 0 aliphatic heterocycles. The van der Waals surface area contributed by atoms with E-state index in [1.807, 2.05) is 48.1 Å². The second-order valence-electron chi connectivity index (χ2n) is 7.54. The zero-order valence-corrected chi connectivity index (χ0v) is 19.9. The largest absolute Gasteiger partial charge is 0.493 e. The van der Waals surface area contributed by atoms with Crippen LogP contribution in [0.4, 0.5) is 0 Å². The number of hydrogen-bond donors (Lipinski definition) is 1. The summed E-state index contributed by atoms with van der Waals surface area (Å²) in [4.78, 5) is 12.8. The third-order valence-electron chi connectivity index (χ3n) is 5.13. The summed E-state index contributed by atoms with van der Waals surface area (Å²) in [6.07, 6.45) is 4.98. The summed E-state index contributed by atoms with van der Waals surface area (Å²) < 4.78 is 38.3. The molecule has 1 amide bonds. The van der Waals surface area contributed by atoms with Crippen LogP contribution < -0.4 is 14.3 Å². The number of hydrogen-bond acceptors (Lipinski definition) is 6. The van der Waals surface area contributed by atoms with E-state index in [1.54, 1.807) is 42.5 Å². The Morgan fingerprint density at radius 1 is 0.943 bits per heavy atom. The Balaban J connectivity index is 1.58. The number of carbonyl (C=O) groups is 1. The van der Waals surface area contributed by atoms with Crippen molar-refractivity contribution >= 4 is 22.2 Å². The molecule has 1 heterocycles. The van der Waals surface area contributed by atoms with Gasteiger partial charge in [0.1, 0.15) is 4.90 Å². The maximum Gasteiger partial charge on any atom is 0.339 e. The molecular weight excluding hydrogens is 466 g/mol. The van der Waals surface area contributed by atoms with E-state index in [-0.39, 0.29) is 16.4 Å². The van der Waals surface area contributed by atoms with Gasteiger partial charge in [0.2, 0.25) is 0 Å². The van der Waals surface area contributed by atoms with Crippen LogP contribution in [0.15, 0.2) is 101 Å². The van der Waals surface area contributed by atoms with Gasteiger partial charge in [-0.05, 0) is 55.5 Å². The van der Waals surface area contributed by atoms with Crippen molar-refractivity contribution in [2.75, 3.05) is 7.11 Å². The summed E-state index contributed by atoms with van der Waals surface area (Å²) in [7, 11) is -2.73. The first-order valence-electron chi connectivity index (χ1n) is 10.6. The lowest BCUT2D eigenvalue weighted by molar-refractivity contribution is 0.0955. The van der Waals surface area contributed by atoms with Crippen molar-refractivity contribution in [3.05, 3.63) is 108 Å². The van der Waals surface area contributed by atoms with Crippen molar-refractivity contribution in [1.29, 1.82) is 0 Å². The van der Waals surface area contributed by atoms with E-state index < -0.39 is 16.0 Å². The normalized spacial score (nSPS) is 11.4. The minimum absolute atomic E-state index is 0.00631. The second-order valence-corrected chi connectivity index (χ2v) is 9.08. The van der Waals surface area contributed by atoms with Crippen molar-refractivity contribution in [1.82, 2.24) is 9.99 Å². The fourth-order valence-corrected chi connectivity index (χ4v) is 4.32. The van der Waals surface area contributed by atoms with Gasteiger partial charge in [-0.2, -0.15) is 13.5 Å². The van der Waals surface area contributed by atoms with Gasteiger partial charge in [0.15, 0.2) is 11.5 Å². The number of aryl methyl sites for hydroxylation is 1. The van der Waals surface area contributed by atoms with Crippen molar-refractivity contribution < 1.29 is 22.1 Å². The zero-order chi connectivity index (χ0) is 24.8. The molecule has 9 heteroatoms. The van der Waals surface area contributed by atoms with E-state index in [1.165, 1.54) is 25.5 Å². The number of amides is 1. The van der Waals surface area contributed by atoms with Crippen molar-refractivity contribution in [3.8, 4) is 17.2 Å². The van der Waals surface area contributed by atoms with Crippen LogP contribution in [0.25, 0.3) is 5.69 Å². The molecule has 4 rings (SSSR count). The molecule has 0 unspecified atom stereocenters. The highest BCUT2D eigenvalue weighted by Gasteiger charge is 2.21. The van der Waals surface area contributed by atoms with Crippen molar-refractivity contribution in [2.45, 2.75) is 11.8 Å². The predicted molar refractivity (Wildman–Crippen MR) is 133 cm³/mol. The van der Waals surface area contributed by atoms with E-state index in [2.05, 4.69) is 10.5 Å². The van der Waals surface area contributed by atoms with Gasteiger partial charge in [-0.1, -0.05) is 35.9 Å². The lowest BCUT2D eigenvalue weighted by Crippen LogP contribution is -2.19. The molecule has 3 aromatic carbocycles. The SMILES string of the molecule is COc1cccc(/C=N\NC(=O)c2ccccc2-n2cccc2)c1OS(=O)(=O)c1ccc(C)cc1. The minimum Gasteiger partial charge on any atom is -0.493 e. The van der Waals surface area contributed by atoms with E-state index in [4.69, 9.17) is 8.92 Å². The topological polar surface area (TPSA) is 99.0 Å². The van der Waals surface area contributed by atoms with Crippen LogP contribution >= 0.6 is 0 Å². The lowest BCUT2D eigenvalue weighted by Gasteiger charge is -2.13. The number of hydrazone groups is 1. The van der Waals surface area contributed by atoms with Gasteiger partial charge >= 0.3 is 10.1 Å². The molecule has 0 aliphatic rings. The summed E-state index contributed by atoms with van der Waals surface area (Å²) in [5.74, 6) is -0.265. The fraction of sp³-hybridized carbons (Fsp3) is 0.0769. The van der Waals surface area contributed by atoms with E-state index in [0.29, 0.717) is 16.8 Å². The Kier molecular flexibility index (Phi) is 6.98. The molecule has 0 atom stereocenters. The average Bonchev–Trinajstić information content (AvgIpc) is 3.40. The number of nitrogens with zero attached hydrogens (tertiary/aromatic N) is 2. The van der Waals surface area contributed by atoms with Crippen LogP contribution in [-0.2, 0) is 10.1 Å². The van der Waals surface area contributed by atoms with E-state index >= 15 is 0 Å². The molecule has 178 valence electrons. The molecule has 0 aliphatic carbocycles. The lowest BCUT2D eigenvalue weighted by atomic mass is 10.1. The maximum absolute atomic E-state index is 12.9. The molecule has 0 saturated carbocycles. The summed E-state index contributed by atoms with van der Waals surface area (Å²) in [5.41, 5.74) is 4.83. The number of carbonyl (C=O) groups excluding carboxylic acids is 1. The minimum atomic E-state index is -4.13. The summed E-state index contributed by atoms with van der Waals surface area (Å²) in [5, 5.41) is 4.03. The second kappa shape index (κ2) is 10.3. The Bertz CT molecular complexity index is 1460. The number of nitrogens with one attached hydrogen (secondary N) is 1. The van der Waals surface area contributed by atoms with Crippen LogP contribution in [-0.4, -0.2) is 32.2 Å². The molecule has 4 aromatic rings. The molecule has 0 saturated heterocycles. The van der Waals surface area contributed by atoms with Gasteiger partial charge in [0.25, 0.3) is 5.91 Å². The molecule has 35 heavy (non-hydrogen) atoms. The van der Waals surface area contributed by atoms with E-state index in [0.717, 1.165) is 5.56 Å². The molecule has 1 N–H and O–H groups in total. The molecular formula is C26H23N3O5S. The molecule has 8 nitrogen and oxygen atoms in total. The molecule has 0 radical (unpaired) electrons. The highest BCUT2D eigenvalue weighted by atomic mass is 32.2. The first-order chi connectivity index (χ1) is 16.9. The number of rotatable bonds is 8. The van der Waals surface area contributed by atoms with E-state index in [9.17, 15) is 13.2 Å². The Labute approximate surface area is 203 Å². The Morgan fingerprint density at radius 3 is 2.37 bits per heavy atom. The zero-order valence-electron chi connectivity index (χ0n) is 19.1. The van der Waals surface area contributed by atoms with Crippen LogP contribution in [0.2, 0.25) is 0 Å². The van der Waals surface area contributed by atoms with Gasteiger partial charge < -0.3 is 13.5 Å². The van der Waals surface area contributed by atoms with Gasteiger partial charge in [-0.3, -0.25) is 4.79 Å². The summed E-state index contributed by atoms with van der Waals surface area (Å²) in [6.45, 7) is 1.86. The molecule has 0 spiro atoms. The standard InChI is InChI=1S/C26H23N3O5S/c1-19-12-14-21(15-13-19)35(31,32)34-25-20(8-7-11-24(25)33-2)18-27-28-26(30)22-9-3-4-10-23(22)29-16-5-6-17-29/h3-18H,1-2H3,(H,28,30)/b27-18-. The van der Waals surface area contributed by atoms with Crippen molar-refractivity contribution in [2.24, 2.45) is 5.10 Å². The average molecular weight is 490 g/mol. The summed E-state index contributed by atoms with van der Waals surface area (Å²) >= 11 is 0. The first kappa shape index (κ1) is 23.8. The number of para-hydroxylation sites is 2. The number of ether oxygens (including phenoxy) is 1. The van der Waals surface area contributed by atoms with Crippen LogP contribution in [0.5, 0.6) is 11.5 Å². The molecule has 0 fully saturated rings. The third-order valence-corrected chi connectivity index (χ3v) is 6.37. The van der Waals surface area contributed by atoms with Gasteiger partial charge in [0.05, 0.1) is 24.6 Å². The quantitative estimate of drug-likeness (QED) is 0.226. The Morgan fingerprint density at radius 2 is 1.66 bits per heavy atom. The highest BCUT2D eigenvalue weighted by Crippen LogP contribution is 2.32. The van der Waals surface area contributed by atoms with Crippen LogP contribution in [0, 0.1) is 6.92 Å². The smallest absolute Gasteiger partial charge is 0.339 e. The molecule has 1 aromatic heterocycles. The van der Waals surface area contributed by atoms with Gasteiger partial charge in [0, 0.05) is 18.0 Å². The number of aromatic nitrogens is 1. The van der Waals surface area contributed by atoms with Gasteiger partial charge in [-0.15, -0.1) is 0 Å². The van der Waals surface area contributed by atoms with Gasteiger partial charge in [-0.25, -0.2) is 5.43 Å².